The number of hydrogen-bond acceptors (Lipinski definition) is 4. The van der Waals surface area contributed by atoms with Crippen molar-refractivity contribution in [2.24, 2.45) is 0 Å². The summed E-state index contributed by atoms with van der Waals surface area (Å²) in [6.07, 6.45) is 1.65. The lowest BCUT2D eigenvalue weighted by atomic mass is 10.1. The first-order chi connectivity index (χ1) is 8.88. The van der Waals surface area contributed by atoms with Crippen molar-refractivity contribution in [3.8, 4) is 0 Å². The molecule has 0 amide bonds. The van der Waals surface area contributed by atoms with Gasteiger partial charge in [-0.1, -0.05) is 15.9 Å². The quantitative estimate of drug-likeness (QED) is 0.810. The molecule has 1 heterocycles. The monoisotopic (exact) mass is 347 g/mol. The number of piperidine rings is 1. The Morgan fingerprint density at radius 1 is 1.37 bits per heavy atom. The molecule has 0 saturated carbocycles. The zero-order chi connectivity index (χ0) is 14.0. The summed E-state index contributed by atoms with van der Waals surface area (Å²) >= 11 is 3.27. The first kappa shape index (κ1) is 14.8. The fraction of sp³-hybridized carbons (Fsp3) is 0.500. The van der Waals surface area contributed by atoms with Crippen LogP contribution in [0.1, 0.15) is 12.8 Å². The highest BCUT2D eigenvalue weighted by Crippen LogP contribution is 2.23. The van der Waals surface area contributed by atoms with Crippen molar-refractivity contribution in [2.45, 2.75) is 23.8 Å². The maximum Gasteiger partial charge on any atom is 0.242 e. The Bertz CT molecular complexity index is 554. The van der Waals surface area contributed by atoms with E-state index in [0.717, 1.165) is 25.9 Å². The third-order valence-electron chi connectivity index (χ3n) is 3.31. The number of halogens is 1. The maximum absolute atomic E-state index is 12.3. The minimum Gasteiger partial charge on any atom is -0.398 e. The summed E-state index contributed by atoms with van der Waals surface area (Å²) in [5, 5.41) is 0. The molecule has 0 aliphatic carbocycles. The Balaban J connectivity index is 2.16. The number of nitrogens with zero attached hydrogens (tertiary/aromatic N) is 1. The van der Waals surface area contributed by atoms with Crippen molar-refractivity contribution in [2.75, 3.05) is 25.9 Å². The van der Waals surface area contributed by atoms with E-state index >= 15 is 0 Å². The zero-order valence-electron chi connectivity index (χ0n) is 10.8. The molecule has 1 aliphatic heterocycles. The summed E-state index contributed by atoms with van der Waals surface area (Å²) in [4.78, 5) is 2.33. The lowest BCUT2D eigenvalue weighted by Crippen LogP contribution is -2.43. The molecule has 1 fully saturated rings. The molecule has 0 spiro atoms. The van der Waals surface area contributed by atoms with E-state index in [1.54, 1.807) is 12.1 Å². The molecule has 5 nitrogen and oxygen atoms in total. The Labute approximate surface area is 122 Å². The van der Waals surface area contributed by atoms with Gasteiger partial charge in [0.25, 0.3) is 0 Å². The minimum absolute atomic E-state index is 0.0143. The first-order valence-corrected chi connectivity index (χ1v) is 8.42. The molecule has 0 bridgehead atoms. The smallest absolute Gasteiger partial charge is 0.242 e. The van der Waals surface area contributed by atoms with Gasteiger partial charge in [0, 0.05) is 10.5 Å². The van der Waals surface area contributed by atoms with Gasteiger partial charge in [0.15, 0.2) is 0 Å². The standard InChI is InChI=1S/C12H18BrN3O2S/c1-16-6-4-10(5-7-16)15-19(17,18)12-8-9(13)2-3-11(12)14/h2-3,8,10,15H,4-7,14H2,1H3. The lowest BCUT2D eigenvalue weighted by Gasteiger charge is -2.29. The number of anilines is 1. The summed E-state index contributed by atoms with van der Waals surface area (Å²) in [5.74, 6) is 0. The fourth-order valence-corrected chi connectivity index (χ4v) is 4.12. The second-order valence-electron chi connectivity index (χ2n) is 4.88. The highest BCUT2D eigenvalue weighted by Gasteiger charge is 2.24. The molecule has 1 aromatic carbocycles. The molecule has 3 N–H and O–H groups in total. The molecular weight excluding hydrogens is 330 g/mol. The number of benzene rings is 1. The summed E-state index contributed by atoms with van der Waals surface area (Å²) in [5.41, 5.74) is 6.02. The third kappa shape index (κ3) is 3.68. The lowest BCUT2D eigenvalue weighted by molar-refractivity contribution is 0.248. The van der Waals surface area contributed by atoms with Crippen molar-refractivity contribution in [1.82, 2.24) is 9.62 Å². The maximum atomic E-state index is 12.3. The van der Waals surface area contributed by atoms with Crippen LogP contribution in [0.15, 0.2) is 27.6 Å². The first-order valence-electron chi connectivity index (χ1n) is 6.14. The van der Waals surface area contributed by atoms with Gasteiger partial charge < -0.3 is 10.6 Å². The van der Waals surface area contributed by atoms with E-state index in [0.29, 0.717) is 4.47 Å². The van der Waals surface area contributed by atoms with Crippen LogP contribution < -0.4 is 10.5 Å². The van der Waals surface area contributed by atoms with Gasteiger partial charge in [-0.3, -0.25) is 0 Å². The topological polar surface area (TPSA) is 75.4 Å². The van der Waals surface area contributed by atoms with Gasteiger partial charge in [0.2, 0.25) is 10.0 Å². The minimum atomic E-state index is -3.55. The average molecular weight is 348 g/mol. The second-order valence-corrected chi connectivity index (χ2v) is 7.48. The van der Waals surface area contributed by atoms with Crippen LogP contribution in [0.25, 0.3) is 0 Å². The van der Waals surface area contributed by atoms with Gasteiger partial charge in [0.05, 0.1) is 5.69 Å². The summed E-state index contributed by atoms with van der Waals surface area (Å²) < 4.78 is 28.1. The molecule has 0 aromatic heterocycles. The normalized spacial score (nSPS) is 18.6. The Morgan fingerprint density at radius 3 is 2.63 bits per heavy atom. The van der Waals surface area contributed by atoms with Gasteiger partial charge in [-0.15, -0.1) is 0 Å². The van der Waals surface area contributed by atoms with Gasteiger partial charge in [-0.2, -0.15) is 0 Å². The Morgan fingerprint density at radius 2 is 2.00 bits per heavy atom. The van der Waals surface area contributed by atoms with Crippen molar-refractivity contribution >= 4 is 31.6 Å². The van der Waals surface area contributed by atoms with E-state index in [1.807, 2.05) is 7.05 Å². The second kappa shape index (κ2) is 5.78. The third-order valence-corrected chi connectivity index (χ3v) is 5.37. The van der Waals surface area contributed by atoms with Crippen molar-refractivity contribution in [3.63, 3.8) is 0 Å². The van der Waals surface area contributed by atoms with Crippen LogP contribution in [0.2, 0.25) is 0 Å². The van der Waals surface area contributed by atoms with Crippen molar-refractivity contribution < 1.29 is 8.42 Å². The Kier molecular flexibility index (Phi) is 4.50. The molecule has 1 aromatic rings. The highest BCUT2D eigenvalue weighted by molar-refractivity contribution is 9.10. The van der Waals surface area contributed by atoms with Gasteiger partial charge in [0.1, 0.15) is 4.90 Å². The molecule has 0 unspecified atom stereocenters. The molecule has 1 aliphatic rings. The average Bonchev–Trinajstić information content (AvgIpc) is 2.35. The van der Waals surface area contributed by atoms with Crippen LogP contribution in [0.3, 0.4) is 0 Å². The van der Waals surface area contributed by atoms with E-state index in [9.17, 15) is 8.42 Å². The predicted molar refractivity (Wildman–Crippen MR) is 79.4 cm³/mol. The van der Waals surface area contributed by atoms with E-state index in [1.165, 1.54) is 6.07 Å². The Hall–Kier alpha value is -0.630. The number of hydrogen-bond donors (Lipinski definition) is 2. The van der Waals surface area contributed by atoms with Gasteiger partial charge in [-0.05, 0) is 51.2 Å². The summed E-state index contributed by atoms with van der Waals surface area (Å²) in [6.45, 7) is 1.81. The molecule has 1 saturated heterocycles. The fourth-order valence-electron chi connectivity index (χ4n) is 2.15. The molecule has 0 radical (unpaired) electrons. The SMILES string of the molecule is CN1CCC(NS(=O)(=O)c2cc(Br)ccc2N)CC1. The largest absolute Gasteiger partial charge is 0.398 e. The number of rotatable bonds is 3. The molecule has 0 atom stereocenters. The van der Waals surface area contributed by atoms with E-state index < -0.39 is 10.0 Å². The molecule has 2 rings (SSSR count). The van der Waals surface area contributed by atoms with Crippen molar-refractivity contribution in [1.29, 1.82) is 0 Å². The van der Waals surface area contributed by atoms with Gasteiger partial charge >= 0.3 is 0 Å². The van der Waals surface area contributed by atoms with Crippen LogP contribution in [0.5, 0.6) is 0 Å². The zero-order valence-corrected chi connectivity index (χ0v) is 13.2. The van der Waals surface area contributed by atoms with E-state index in [2.05, 4.69) is 25.6 Å². The summed E-state index contributed by atoms with van der Waals surface area (Å²) in [6, 6.07) is 4.84. The van der Waals surface area contributed by atoms with Crippen molar-refractivity contribution in [3.05, 3.63) is 22.7 Å². The predicted octanol–water partition coefficient (Wildman–Crippen LogP) is 1.40. The van der Waals surface area contributed by atoms with E-state index in [-0.39, 0.29) is 16.6 Å². The number of nitrogens with two attached hydrogens (primary N) is 1. The molecule has 7 heteroatoms. The molecular formula is C12H18BrN3O2S. The van der Waals surface area contributed by atoms with E-state index in [4.69, 9.17) is 5.73 Å². The van der Waals surface area contributed by atoms with Crippen LogP contribution >= 0.6 is 15.9 Å². The number of likely N-dealkylation sites (tertiary alicyclic amines) is 1. The number of sulfonamides is 1. The number of nitrogen functional groups attached to an aromatic ring is 1. The van der Waals surface area contributed by atoms with Gasteiger partial charge in [-0.25, -0.2) is 13.1 Å². The van der Waals surface area contributed by atoms with Crippen LogP contribution in [-0.4, -0.2) is 39.5 Å². The van der Waals surface area contributed by atoms with Crippen LogP contribution in [0.4, 0.5) is 5.69 Å². The molecule has 19 heavy (non-hydrogen) atoms. The van der Waals surface area contributed by atoms with Crippen LogP contribution in [-0.2, 0) is 10.0 Å². The highest BCUT2D eigenvalue weighted by atomic mass is 79.9. The van der Waals surface area contributed by atoms with Crippen LogP contribution in [0, 0.1) is 0 Å². The summed E-state index contributed by atoms with van der Waals surface area (Å²) in [7, 11) is -1.52. The molecule has 106 valence electrons. The number of nitrogens with one attached hydrogen (secondary N) is 1.